The highest BCUT2D eigenvalue weighted by Crippen LogP contribution is 2.27. The Morgan fingerprint density at radius 3 is 2.78 bits per heavy atom. The van der Waals surface area contributed by atoms with Crippen LogP contribution in [0.25, 0.3) is 0 Å². The number of hydrogen-bond donors (Lipinski definition) is 1. The molecule has 0 saturated heterocycles. The Morgan fingerprint density at radius 2 is 2.06 bits per heavy atom. The molecule has 2 atom stereocenters. The molecule has 1 aromatic rings. The van der Waals surface area contributed by atoms with Crippen molar-refractivity contribution in [2.24, 2.45) is 5.92 Å². The van der Waals surface area contributed by atoms with Crippen LogP contribution in [0.3, 0.4) is 0 Å². The van der Waals surface area contributed by atoms with E-state index in [1.807, 2.05) is 30.3 Å². The number of rotatable bonds is 4. The molecule has 0 spiro atoms. The van der Waals surface area contributed by atoms with Crippen molar-refractivity contribution in [1.29, 1.82) is 0 Å². The minimum Gasteiger partial charge on any atom is -0.461 e. The summed E-state index contributed by atoms with van der Waals surface area (Å²) in [6.07, 6.45) is 3.85. The van der Waals surface area contributed by atoms with Crippen LogP contribution in [0, 0.1) is 5.92 Å². The minimum atomic E-state index is -0.231. The van der Waals surface area contributed by atoms with Gasteiger partial charge in [0.1, 0.15) is 6.61 Å². The van der Waals surface area contributed by atoms with Gasteiger partial charge in [-0.25, -0.2) is 0 Å². The van der Waals surface area contributed by atoms with Crippen molar-refractivity contribution in [3.05, 3.63) is 35.9 Å². The monoisotopic (exact) mass is 248 g/mol. The molecule has 1 aliphatic rings. The first-order chi connectivity index (χ1) is 8.74. The third-order valence-electron chi connectivity index (χ3n) is 3.45. The van der Waals surface area contributed by atoms with Crippen LogP contribution in [0.1, 0.15) is 37.7 Å². The third kappa shape index (κ3) is 4.15. The number of carbonyl (C=O) groups excluding carboxylic acids is 1. The van der Waals surface area contributed by atoms with Gasteiger partial charge in [-0.2, -0.15) is 0 Å². The van der Waals surface area contributed by atoms with Crippen molar-refractivity contribution in [2.75, 3.05) is 0 Å². The van der Waals surface area contributed by atoms with Crippen LogP contribution in [-0.4, -0.2) is 17.2 Å². The minimum absolute atomic E-state index is 0.155. The zero-order valence-corrected chi connectivity index (χ0v) is 10.5. The number of hydrogen-bond acceptors (Lipinski definition) is 3. The molecule has 0 unspecified atom stereocenters. The molecule has 2 rings (SSSR count). The number of ether oxygens (including phenoxy) is 1. The van der Waals surface area contributed by atoms with E-state index in [0.29, 0.717) is 13.0 Å². The lowest BCUT2D eigenvalue weighted by atomic mass is 9.85. The fourth-order valence-corrected chi connectivity index (χ4v) is 2.48. The molecule has 0 bridgehead atoms. The van der Waals surface area contributed by atoms with Crippen molar-refractivity contribution >= 4 is 5.97 Å². The van der Waals surface area contributed by atoms with E-state index in [1.165, 1.54) is 0 Å². The van der Waals surface area contributed by atoms with Gasteiger partial charge in [0.2, 0.25) is 0 Å². The van der Waals surface area contributed by atoms with E-state index in [1.54, 1.807) is 0 Å². The van der Waals surface area contributed by atoms with Crippen LogP contribution in [0.4, 0.5) is 0 Å². The molecule has 0 aromatic heterocycles. The van der Waals surface area contributed by atoms with Crippen LogP contribution < -0.4 is 0 Å². The Labute approximate surface area is 108 Å². The molecule has 0 amide bonds. The van der Waals surface area contributed by atoms with Crippen LogP contribution in [0.15, 0.2) is 30.3 Å². The summed E-state index contributed by atoms with van der Waals surface area (Å²) in [6, 6.07) is 9.69. The SMILES string of the molecule is O=C(C[C@@H]1CCC[C@H](O)C1)OCc1ccccc1. The number of aliphatic hydroxyl groups excluding tert-OH is 1. The highest BCUT2D eigenvalue weighted by molar-refractivity contribution is 5.69. The molecule has 98 valence electrons. The van der Waals surface area contributed by atoms with E-state index >= 15 is 0 Å². The van der Waals surface area contributed by atoms with Crippen LogP contribution in [0.2, 0.25) is 0 Å². The fourth-order valence-electron chi connectivity index (χ4n) is 2.48. The average Bonchev–Trinajstić information content (AvgIpc) is 2.38. The number of carbonyl (C=O) groups is 1. The summed E-state index contributed by atoms with van der Waals surface area (Å²) < 4.78 is 5.25. The summed E-state index contributed by atoms with van der Waals surface area (Å²) in [6.45, 7) is 0.342. The van der Waals surface area contributed by atoms with Gasteiger partial charge in [-0.1, -0.05) is 36.8 Å². The maximum absolute atomic E-state index is 11.7. The van der Waals surface area contributed by atoms with E-state index in [0.717, 1.165) is 31.2 Å². The molecule has 0 heterocycles. The molecule has 1 N–H and O–H groups in total. The lowest BCUT2D eigenvalue weighted by Crippen LogP contribution is -2.22. The number of benzene rings is 1. The van der Waals surface area contributed by atoms with Gasteiger partial charge < -0.3 is 9.84 Å². The van der Waals surface area contributed by atoms with Crippen molar-refractivity contribution in [3.63, 3.8) is 0 Å². The van der Waals surface area contributed by atoms with E-state index in [9.17, 15) is 9.90 Å². The van der Waals surface area contributed by atoms with Crippen LogP contribution in [0.5, 0.6) is 0 Å². The maximum atomic E-state index is 11.7. The van der Waals surface area contributed by atoms with Gasteiger partial charge in [-0.05, 0) is 30.7 Å². The Morgan fingerprint density at radius 1 is 1.28 bits per heavy atom. The maximum Gasteiger partial charge on any atom is 0.306 e. The normalized spacial score (nSPS) is 23.6. The van der Waals surface area contributed by atoms with Gasteiger partial charge in [0.05, 0.1) is 6.10 Å². The second-order valence-electron chi connectivity index (χ2n) is 5.04. The Bertz CT molecular complexity index is 375. The molecule has 18 heavy (non-hydrogen) atoms. The van der Waals surface area contributed by atoms with Gasteiger partial charge in [-0.3, -0.25) is 4.79 Å². The van der Waals surface area contributed by atoms with Crippen molar-refractivity contribution < 1.29 is 14.6 Å². The largest absolute Gasteiger partial charge is 0.461 e. The van der Waals surface area contributed by atoms with Gasteiger partial charge in [0, 0.05) is 6.42 Å². The lowest BCUT2D eigenvalue weighted by molar-refractivity contribution is -0.146. The first-order valence-electron chi connectivity index (χ1n) is 6.61. The van der Waals surface area contributed by atoms with Gasteiger partial charge in [0.25, 0.3) is 0 Å². The standard InChI is InChI=1S/C15H20O3/c16-14-8-4-7-13(9-14)10-15(17)18-11-12-5-2-1-3-6-12/h1-3,5-6,13-14,16H,4,7-11H2/t13-,14+/m1/s1. The summed E-state index contributed by atoms with van der Waals surface area (Å²) in [5, 5.41) is 9.55. The fraction of sp³-hybridized carbons (Fsp3) is 0.533. The summed E-state index contributed by atoms with van der Waals surface area (Å²) >= 11 is 0. The van der Waals surface area contributed by atoms with Crippen molar-refractivity contribution in [2.45, 2.75) is 44.8 Å². The van der Waals surface area contributed by atoms with E-state index in [4.69, 9.17) is 4.74 Å². The predicted octanol–water partition coefficient (Wildman–Crippen LogP) is 2.67. The molecule has 0 aliphatic heterocycles. The Kier molecular flexibility index (Phi) is 4.76. The highest BCUT2D eigenvalue weighted by Gasteiger charge is 2.22. The Balaban J connectivity index is 1.72. The molecule has 3 heteroatoms. The van der Waals surface area contributed by atoms with Crippen molar-refractivity contribution in [3.8, 4) is 0 Å². The highest BCUT2D eigenvalue weighted by atomic mass is 16.5. The molecule has 0 radical (unpaired) electrons. The van der Waals surface area contributed by atoms with Gasteiger partial charge in [0.15, 0.2) is 0 Å². The van der Waals surface area contributed by atoms with E-state index in [2.05, 4.69) is 0 Å². The third-order valence-corrected chi connectivity index (χ3v) is 3.45. The number of aliphatic hydroxyl groups is 1. The van der Waals surface area contributed by atoms with Crippen LogP contribution >= 0.6 is 0 Å². The molecular weight excluding hydrogens is 228 g/mol. The molecule has 1 aliphatic carbocycles. The molecular formula is C15H20O3. The summed E-state index contributed by atoms with van der Waals surface area (Å²) in [5.74, 6) is 0.134. The average molecular weight is 248 g/mol. The zero-order chi connectivity index (χ0) is 12.8. The topological polar surface area (TPSA) is 46.5 Å². The summed E-state index contributed by atoms with van der Waals surface area (Å²) in [4.78, 5) is 11.7. The van der Waals surface area contributed by atoms with Gasteiger partial charge >= 0.3 is 5.97 Å². The zero-order valence-electron chi connectivity index (χ0n) is 10.5. The number of esters is 1. The molecule has 1 aromatic carbocycles. The second-order valence-corrected chi connectivity index (χ2v) is 5.04. The van der Waals surface area contributed by atoms with E-state index < -0.39 is 0 Å². The molecule has 1 fully saturated rings. The first-order valence-corrected chi connectivity index (χ1v) is 6.61. The Hall–Kier alpha value is -1.35. The van der Waals surface area contributed by atoms with E-state index in [-0.39, 0.29) is 18.0 Å². The quantitative estimate of drug-likeness (QED) is 0.833. The summed E-state index contributed by atoms with van der Waals surface area (Å²) in [7, 11) is 0. The summed E-state index contributed by atoms with van der Waals surface area (Å²) in [5.41, 5.74) is 1.01. The first kappa shape index (κ1) is 13.1. The predicted molar refractivity (Wildman–Crippen MR) is 68.8 cm³/mol. The van der Waals surface area contributed by atoms with Crippen molar-refractivity contribution in [1.82, 2.24) is 0 Å². The smallest absolute Gasteiger partial charge is 0.306 e. The molecule has 3 nitrogen and oxygen atoms in total. The second kappa shape index (κ2) is 6.55. The molecule has 1 saturated carbocycles. The van der Waals surface area contributed by atoms with Gasteiger partial charge in [-0.15, -0.1) is 0 Å². The lowest BCUT2D eigenvalue weighted by Gasteiger charge is -2.24. The van der Waals surface area contributed by atoms with Crippen LogP contribution in [-0.2, 0) is 16.1 Å².